The average Bonchev–Trinajstić information content (AvgIpc) is 2.74. The van der Waals surface area contributed by atoms with Gasteiger partial charge in [-0.25, -0.2) is 0 Å². The molecule has 0 aliphatic heterocycles. The number of amides is 3. The molecule has 1 unspecified atom stereocenters. The fourth-order valence-corrected chi connectivity index (χ4v) is 2.94. The minimum absolute atomic E-state index is 0.0730. The van der Waals surface area contributed by atoms with E-state index in [2.05, 4.69) is 15.4 Å². The van der Waals surface area contributed by atoms with Crippen LogP contribution in [-0.2, 0) is 16.1 Å². The number of carbonyl (C=O) groups is 4. The molecule has 0 aromatic heterocycles. The average molecular weight is 465 g/mol. The highest BCUT2D eigenvalue weighted by Gasteiger charge is 2.31. The summed E-state index contributed by atoms with van der Waals surface area (Å²) in [7, 11) is 0. The van der Waals surface area contributed by atoms with Crippen LogP contribution < -0.4 is 21.1 Å². The lowest BCUT2D eigenvalue weighted by Gasteiger charge is -2.16. The predicted molar refractivity (Wildman–Crippen MR) is 111 cm³/mol. The molecule has 0 spiro atoms. The highest BCUT2D eigenvalue weighted by atomic mass is 19.4. The zero-order chi connectivity index (χ0) is 24.6. The summed E-state index contributed by atoms with van der Waals surface area (Å²) >= 11 is 0. The van der Waals surface area contributed by atoms with Gasteiger partial charge in [0.2, 0.25) is 5.91 Å². The first-order chi connectivity index (χ1) is 15.5. The number of aryl methyl sites for hydroxylation is 1. The number of halogens is 3. The van der Waals surface area contributed by atoms with Crippen LogP contribution >= 0.6 is 0 Å². The first-order valence-corrected chi connectivity index (χ1v) is 9.77. The molecule has 4 N–H and O–H groups in total. The van der Waals surface area contributed by atoms with Crippen LogP contribution in [0.4, 0.5) is 13.2 Å². The van der Waals surface area contributed by atoms with Gasteiger partial charge in [-0.05, 0) is 54.8 Å². The third-order valence-electron chi connectivity index (χ3n) is 4.56. The number of rotatable bonds is 10. The number of benzene rings is 2. The Labute approximate surface area is 187 Å². The predicted octanol–water partition coefficient (Wildman–Crippen LogP) is 2.39. The van der Waals surface area contributed by atoms with Crippen molar-refractivity contribution < 1.29 is 37.1 Å². The van der Waals surface area contributed by atoms with Crippen molar-refractivity contribution in [3.05, 3.63) is 64.7 Å². The van der Waals surface area contributed by atoms with Crippen LogP contribution in [0, 0.1) is 6.92 Å². The van der Waals surface area contributed by atoms with Crippen LogP contribution in [-0.4, -0.2) is 36.4 Å². The lowest BCUT2D eigenvalue weighted by atomic mass is 10.0. The van der Waals surface area contributed by atoms with E-state index in [-0.39, 0.29) is 24.9 Å². The lowest BCUT2D eigenvalue weighted by molar-refractivity contribution is -0.274. The van der Waals surface area contributed by atoms with Gasteiger partial charge in [0.25, 0.3) is 11.8 Å². The summed E-state index contributed by atoms with van der Waals surface area (Å²) in [6, 6.07) is 8.29. The van der Waals surface area contributed by atoms with E-state index in [0.717, 1.165) is 12.1 Å². The molecule has 0 bridgehead atoms. The van der Waals surface area contributed by atoms with E-state index in [1.807, 2.05) is 0 Å². The molecule has 0 radical (unpaired) electrons. The first-order valence-electron chi connectivity index (χ1n) is 9.77. The van der Waals surface area contributed by atoms with Gasteiger partial charge in [0.05, 0.1) is 0 Å². The Morgan fingerprint density at radius 3 is 2.30 bits per heavy atom. The molecule has 0 saturated carbocycles. The molecule has 2 aromatic rings. The summed E-state index contributed by atoms with van der Waals surface area (Å²) in [6.45, 7) is 1.77. The van der Waals surface area contributed by atoms with Crippen LogP contribution in [0.25, 0.3) is 0 Å². The highest BCUT2D eigenvalue weighted by Crippen LogP contribution is 2.22. The van der Waals surface area contributed by atoms with E-state index in [4.69, 9.17) is 5.73 Å². The van der Waals surface area contributed by atoms with E-state index < -0.39 is 35.9 Å². The van der Waals surface area contributed by atoms with E-state index in [0.29, 0.717) is 23.0 Å². The summed E-state index contributed by atoms with van der Waals surface area (Å²) in [5, 5.41) is 5.13. The van der Waals surface area contributed by atoms with Crippen molar-refractivity contribution in [3.63, 3.8) is 0 Å². The molecule has 176 valence electrons. The molecule has 2 rings (SSSR count). The molecule has 0 fully saturated rings. The van der Waals surface area contributed by atoms with Crippen molar-refractivity contribution in [2.75, 3.05) is 0 Å². The van der Waals surface area contributed by atoms with Crippen LogP contribution in [0.5, 0.6) is 5.75 Å². The maximum atomic E-state index is 12.5. The summed E-state index contributed by atoms with van der Waals surface area (Å²) in [4.78, 5) is 46.7. The van der Waals surface area contributed by atoms with Crippen molar-refractivity contribution in [1.82, 2.24) is 10.6 Å². The van der Waals surface area contributed by atoms with E-state index >= 15 is 0 Å². The molecule has 0 saturated heterocycles. The second-order valence-electron chi connectivity index (χ2n) is 7.08. The molecular formula is C22H22F3N3O5. The van der Waals surface area contributed by atoms with Crippen LogP contribution in [0.1, 0.15) is 44.7 Å². The zero-order valence-corrected chi connectivity index (χ0v) is 17.6. The zero-order valence-electron chi connectivity index (χ0n) is 17.6. The maximum absolute atomic E-state index is 12.5. The second-order valence-corrected chi connectivity index (χ2v) is 7.08. The Kier molecular flexibility index (Phi) is 8.55. The van der Waals surface area contributed by atoms with Crippen molar-refractivity contribution in [3.8, 4) is 5.75 Å². The van der Waals surface area contributed by atoms with E-state index in [1.165, 1.54) is 18.2 Å². The van der Waals surface area contributed by atoms with Crippen molar-refractivity contribution in [2.24, 2.45) is 5.73 Å². The van der Waals surface area contributed by atoms with Crippen LogP contribution in [0.3, 0.4) is 0 Å². The molecule has 3 amide bonds. The monoisotopic (exact) mass is 465 g/mol. The van der Waals surface area contributed by atoms with E-state index in [1.54, 1.807) is 19.1 Å². The van der Waals surface area contributed by atoms with Gasteiger partial charge in [-0.1, -0.05) is 12.1 Å². The van der Waals surface area contributed by atoms with Gasteiger partial charge in [0.1, 0.15) is 18.1 Å². The third-order valence-corrected chi connectivity index (χ3v) is 4.56. The minimum atomic E-state index is -4.82. The molecule has 11 heteroatoms. The number of hydrogen-bond donors (Lipinski definition) is 3. The number of primary amides is 1. The number of alkyl halides is 3. The fraction of sp³-hybridized carbons (Fsp3) is 0.273. The Hall–Kier alpha value is -3.89. The van der Waals surface area contributed by atoms with Gasteiger partial charge in [-0.2, -0.15) is 0 Å². The molecule has 1 atom stereocenters. The Morgan fingerprint density at radius 1 is 1.09 bits per heavy atom. The lowest BCUT2D eigenvalue weighted by Crippen LogP contribution is -2.44. The SMILES string of the molecule is Cc1cc(CNC(=O)c2ccc(OC(F)(F)F)cc2)ccc1C(=O)NC(CCC=O)C(N)=O. The van der Waals surface area contributed by atoms with Crippen molar-refractivity contribution in [2.45, 2.75) is 38.7 Å². The third kappa shape index (κ3) is 7.95. The number of carbonyl (C=O) groups excluding carboxylic acids is 4. The van der Waals surface area contributed by atoms with Gasteiger partial charge < -0.3 is 25.9 Å². The first kappa shape index (κ1) is 25.4. The molecule has 2 aromatic carbocycles. The van der Waals surface area contributed by atoms with Crippen LogP contribution in [0.15, 0.2) is 42.5 Å². The quantitative estimate of drug-likeness (QED) is 0.465. The molecule has 0 heterocycles. The van der Waals surface area contributed by atoms with E-state index in [9.17, 15) is 32.3 Å². The number of nitrogens with one attached hydrogen (secondary N) is 2. The molecule has 8 nitrogen and oxygen atoms in total. The Balaban J connectivity index is 1.98. The highest BCUT2D eigenvalue weighted by molar-refractivity contribution is 5.98. The molecule has 33 heavy (non-hydrogen) atoms. The Bertz CT molecular complexity index is 1020. The summed E-state index contributed by atoms with van der Waals surface area (Å²) in [5.74, 6) is -2.22. The van der Waals surface area contributed by atoms with Gasteiger partial charge in [0, 0.05) is 24.1 Å². The standard InChI is InChI=1S/C22H22F3N3O5/c1-13-11-14(4-9-17(13)21(32)28-18(19(26)30)3-2-10-29)12-27-20(31)15-5-7-16(8-6-15)33-22(23,24)25/h4-11,18H,2-3,12H2,1H3,(H2,26,30)(H,27,31)(H,28,32). The topological polar surface area (TPSA) is 128 Å². The van der Waals surface area contributed by atoms with Gasteiger partial charge >= 0.3 is 6.36 Å². The molecule has 0 aliphatic carbocycles. The second kappa shape index (κ2) is 11.1. The fourth-order valence-electron chi connectivity index (χ4n) is 2.94. The summed E-state index contributed by atoms with van der Waals surface area (Å²) < 4.78 is 40.4. The summed E-state index contributed by atoms with van der Waals surface area (Å²) in [6.07, 6.45) is -4.03. The van der Waals surface area contributed by atoms with Crippen molar-refractivity contribution in [1.29, 1.82) is 0 Å². The maximum Gasteiger partial charge on any atom is 0.573 e. The number of nitrogens with two attached hydrogens (primary N) is 1. The van der Waals surface area contributed by atoms with Gasteiger partial charge in [-0.3, -0.25) is 14.4 Å². The minimum Gasteiger partial charge on any atom is -0.406 e. The molecular weight excluding hydrogens is 443 g/mol. The van der Waals surface area contributed by atoms with Gasteiger partial charge in [0.15, 0.2) is 0 Å². The molecule has 0 aliphatic rings. The largest absolute Gasteiger partial charge is 0.573 e. The normalized spacial score (nSPS) is 11.9. The Morgan fingerprint density at radius 2 is 1.76 bits per heavy atom. The van der Waals surface area contributed by atoms with Crippen LogP contribution in [0.2, 0.25) is 0 Å². The number of aldehydes is 1. The smallest absolute Gasteiger partial charge is 0.406 e. The van der Waals surface area contributed by atoms with Crippen molar-refractivity contribution >= 4 is 24.0 Å². The van der Waals surface area contributed by atoms with Gasteiger partial charge in [-0.15, -0.1) is 13.2 Å². The number of hydrogen-bond acceptors (Lipinski definition) is 5. The number of ether oxygens (including phenoxy) is 1. The summed E-state index contributed by atoms with van der Waals surface area (Å²) in [5.41, 5.74) is 6.93.